The standard InChI is InChI=1S/C13H19FN2O2/c1-13(2,3)18-12(17)16-8-7-15-11-6-4-5-10(14)9-11/h4-6,9,15H,7-8H2,1-3H3,(H,16,17). The molecule has 2 N–H and O–H groups in total. The molecule has 0 fully saturated rings. The normalized spacial score (nSPS) is 10.9. The summed E-state index contributed by atoms with van der Waals surface area (Å²) in [6, 6.07) is 6.16. The molecule has 0 aliphatic carbocycles. The van der Waals surface area contributed by atoms with Crippen molar-refractivity contribution in [3.8, 4) is 0 Å². The SMILES string of the molecule is CC(C)(C)OC(=O)NCCNc1cccc(F)c1. The molecular weight excluding hydrogens is 235 g/mol. The van der Waals surface area contributed by atoms with Crippen LogP contribution in [0, 0.1) is 5.82 Å². The van der Waals surface area contributed by atoms with Gasteiger partial charge in [-0.1, -0.05) is 6.07 Å². The van der Waals surface area contributed by atoms with Gasteiger partial charge in [-0.05, 0) is 39.0 Å². The van der Waals surface area contributed by atoms with E-state index in [1.165, 1.54) is 12.1 Å². The van der Waals surface area contributed by atoms with E-state index in [0.717, 1.165) is 0 Å². The summed E-state index contributed by atoms with van der Waals surface area (Å²) in [4.78, 5) is 11.3. The van der Waals surface area contributed by atoms with Crippen LogP contribution in [0.4, 0.5) is 14.9 Å². The van der Waals surface area contributed by atoms with Gasteiger partial charge < -0.3 is 15.4 Å². The largest absolute Gasteiger partial charge is 0.444 e. The second-order valence-corrected chi connectivity index (χ2v) is 4.87. The molecule has 1 aromatic rings. The number of carbonyl (C=O) groups is 1. The Bertz CT molecular complexity index is 402. The topological polar surface area (TPSA) is 50.4 Å². The molecule has 0 bridgehead atoms. The van der Waals surface area contributed by atoms with Gasteiger partial charge in [0, 0.05) is 18.8 Å². The molecule has 1 aromatic carbocycles. The van der Waals surface area contributed by atoms with Crippen molar-refractivity contribution in [3.63, 3.8) is 0 Å². The van der Waals surface area contributed by atoms with E-state index in [1.54, 1.807) is 32.9 Å². The van der Waals surface area contributed by atoms with Gasteiger partial charge in [0.1, 0.15) is 11.4 Å². The Morgan fingerprint density at radius 3 is 2.67 bits per heavy atom. The molecular formula is C13H19FN2O2. The molecule has 0 aliphatic heterocycles. The Morgan fingerprint density at radius 2 is 2.06 bits per heavy atom. The number of benzene rings is 1. The first-order valence-corrected chi connectivity index (χ1v) is 5.83. The molecule has 0 aliphatic rings. The molecule has 0 saturated carbocycles. The van der Waals surface area contributed by atoms with E-state index >= 15 is 0 Å². The minimum atomic E-state index is -0.500. The van der Waals surface area contributed by atoms with Gasteiger partial charge in [0.2, 0.25) is 0 Å². The van der Waals surface area contributed by atoms with Crippen molar-refractivity contribution in [3.05, 3.63) is 30.1 Å². The van der Waals surface area contributed by atoms with Crippen LogP contribution in [0.5, 0.6) is 0 Å². The predicted octanol–water partition coefficient (Wildman–Crippen LogP) is 2.76. The zero-order valence-corrected chi connectivity index (χ0v) is 10.9. The summed E-state index contributed by atoms with van der Waals surface area (Å²) in [5.41, 5.74) is 0.182. The molecule has 100 valence electrons. The number of nitrogens with one attached hydrogen (secondary N) is 2. The van der Waals surface area contributed by atoms with Crippen molar-refractivity contribution in [2.75, 3.05) is 18.4 Å². The number of carbonyl (C=O) groups excluding carboxylic acids is 1. The molecule has 0 atom stereocenters. The number of rotatable bonds is 4. The van der Waals surface area contributed by atoms with Crippen molar-refractivity contribution in [1.82, 2.24) is 5.32 Å². The number of ether oxygens (including phenoxy) is 1. The molecule has 4 nitrogen and oxygen atoms in total. The summed E-state index contributed by atoms with van der Waals surface area (Å²) in [7, 11) is 0. The van der Waals surface area contributed by atoms with E-state index in [0.29, 0.717) is 18.8 Å². The molecule has 0 saturated heterocycles. The van der Waals surface area contributed by atoms with Gasteiger partial charge >= 0.3 is 6.09 Å². The molecule has 5 heteroatoms. The lowest BCUT2D eigenvalue weighted by atomic mass is 10.2. The minimum Gasteiger partial charge on any atom is -0.444 e. The summed E-state index contributed by atoms with van der Waals surface area (Å²) in [5.74, 6) is -0.292. The Morgan fingerprint density at radius 1 is 1.33 bits per heavy atom. The van der Waals surface area contributed by atoms with Crippen LogP contribution in [0.1, 0.15) is 20.8 Å². The van der Waals surface area contributed by atoms with Crippen LogP contribution in [-0.2, 0) is 4.74 Å². The first kappa shape index (κ1) is 14.3. The van der Waals surface area contributed by atoms with Gasteiger partial charge in [0.25, 0.3) is 0 Å². The minimum absolute atomic E-state index is 0.292. The summed E-state index contributed by atoms with van der Waals surface area (Å²) >= 11 is 0. The van der Waals surface area contributed by atoms with E-state index in [1.807, 2.05) is 0 Å². The molecule has 0 heterocycles. The van der Waals surface area contributed by atoms with Gasteiger partial charge in [-0.25, -0.2) is 9.18 Å². The third-order valence-electron chi connectivity index (χ3n) is 1.95. The van der Waals surface area contributed by atoms with Crippen LogP contribution >= 0.6 is 0 Å². The smallest absolute Gasteiger partial charge is 0.407 e. The van der Waals surface area contributed by atoms with Crippen LogP contribution in [-0.4, -0.2) is 24.8 Å². The average molecular weight is 254 g/mol. The fourth-order valence-electron chi connectivity index (χ4n) is 1.28. The Hall–Kier alpha value is -1.78. The highest BCUT2D eigenvalue weighted by molar-refractivity contribution is 5.67. The number of anilines is 1. The highest BCUT2D eigenvalue weighted by Gasteiger charge is 2.15. The molecule has 0 unspecified atom stereocenters. The van der Waals surface area contributed by atoms with E-state index < -0.39 is 11.7 Å². The van der Waals surface area contributed by atoms with E-state index in [2.05, 4.69) is 10.6 Å². The fourth-order valence-corrected chi connectivity index (χ4v) is 1.28. The van der Waals surface area contributed by atoms with Crippen molar-refractivity contribution < 1.29 is 13.9 Å². The maximum absolute atomic E-state index is 12.9. The van der Waals surface area contributed by atoms with Crippen molar-refractivity contribution in [2.24, 2.45) is 0 Å². The van der Waals surface area contributed by atoms with Gasteiger partial charge in [-0.15, -0.1) is 0 Å². The number of amides is 1. The molecule has 1 amide bonds. The number of hydrogen-bond acceptors (Lipinski definition) is 3. The second-order valence-electron chi connectivity index (χ2n) is 4.87. The zero-order valence-electron chi connectivity index (χ0n) is 10.9. The van der Waals surface area contributed by atoms with E-state index in [-0.39, 0.29) is 5.82 Å². The molecule has 0 spiro atoms. The Labute approximate surface area is 107 Å². The Kier molecular flexibility index (Phi) is 4.95. The first-order chi connectivity index (χ1) is 8.37. The van der Waals surface area contributed by atoms with Gasteiger partial charge in [0.15, 0.2) is 0 Å². The van der Waals surface area contributed by atoms with E-state index in [4.69, 9.17) is 4.74 Å². The first-order valence-electron chi connectivity index (χ1n) is 5.83. The molecule has 18 heavy (non-hydrogen) atoms. The van der Waals surface area contributed by atoms with Gasteiger partial charge in [-0.3, -0.25) is 0 Å². The fraction of sp³-hybridized carbons (Fsp3) is 0.462. The van der Waals surface area contributed by atoms with Crippen LogP contribution in [0.15, 0.2) is 24.3 Å². The lowest BCUT2D eigenvalue weighted by Crippen LogP contribution is -2.34. The van der Waals surface area contributed by atoms with Crippen LogP contribution in [0.25, 0.3) is 0 Å². The third-order valence-corrected chi connectivity index (χ3v) is 1.95. The summed E-state index contributed by atoms with van der Waals surface area (Å²) in [6.45, 7) is 6.32. The molecule has 1 rings (SSSR count). The van der Waals surface area contributed by atoms with Crippen LogP contribution < -0.4 is 10.6 Å². The quantitative estimate of drug-likeness (QED) is 0.812. The Balaban J connectivity index is 2.21. The lowest BCUT2D eigenvalue weighted by Gasteiger charge is -2.19. The highest BCUT2D eigenvalue weighted by atomic mass is 19.1. The molecule has 0 radical (unpaired) electrons. The maximum Gasteiger partial charge on any atom is 0.407 e. The lowest BCUT2D eigenvalue weighted by molar-refractivity contribution is 0.0530. The van der Waals surface area contributed by atoms with Gasteiger partial charge in [0.05, 0.1) is 0 Å². The molecule has 0 aromatic heterocycles. The van der Waals surface area contributed by atoms with Crippen LogP contribution in [0.2, 0.25) is 0 Å². The number of alkyl carbamates (subject to hydrolysis) is 1. The van der Waals surface area contributed by atoms with Crippen LogP contribution in [0.3, 0.4) is 0 Å². The second kappa shape index (κ2) is 6.23. The number of hydrogen-bond donors (Lipinski definition) is 2. The van der Waals surface area contributed by atoms with Crippen molar-refractivity contribution in [2.45, 2.75) is 26.4 Å². The number of halogens is 1. The van der Waals surface area contributed by atoms with Crippen molar-refractivity contribution >= 4 is 11.8 Å². The van der Waals surface area contributed by atoms with Crippen molar-refractivity contribution in [1.29, 1.82) is 0 Å². The summed E-state index contributed by atoms with van der Waals surface area (Å²) in [6.07, 6.45) is -0.455. The average Bonchev–Trinajstić information content (AvgIpc) is 2.22. The van der Waals surface area contributed by atoms with E-state index in [9.17, 15) is 9.18 Å². The maximum atomic E-state index is 12.9. The summed E-state index contributed by atoms with van der Waals surface area (Å²) in [5, 5.41) is 5.60. The monoisotopic (exact) mass is 254 g/mol. The summed E-state index contributed by atoms with van der Waals surface area (Å²) < 4.78 is 17.9. The highest BCUT2D eigenvalue weighted by Crippen LogP contribution is 2.08. The third kappa shape index (κ3) is 6.08. The predicted molar refractivity (Wildman–Crippen MR) is 69.1 cm³/mol. The van der Waals surface area contributed by atoms with Gasteiger partial charge in [-0.2, -0.15) is 0 Å². The zero-order chi connectivity index (χ0) is 13.6.